The van der Waals surface area contributed by atoms with Crippen LogP contribution in [0.4, 0.5) is 5.69 Å². The van der Waals surface area contributed by atoms with Gasteiger partial charge >= 0.3 is 0 Å². The van der Waals surface area contributed by atoms with Gasteiger partial charge in [0.05, 0.1) is 11.2 Å². The van der Waals surface area contributed by atoms with Crippen LogP contribution in [-0.4, -0.2) is 18.1 Å². The van der Waals surface area contributed by atoms with Crippen LogP contribution in [0.1, 0.15) is 26.7 Å². The Labute approximate surface area is 123 Å². The van der Waals surface area contributed by atoms with Crippen molar-refractivity contribution in [2.75, 3.05) is 18.0 Å². The molecule has 0 saturated carbocycles. The lowest BCUT2D eigenvalue weighted by molar-refractivity contribution is 0.195. The number of hydrogen-bond donors (Lipinski definition) is 0. The van der Waals surface area contributed by atoms with E-state index >= 15 is 0 Å². The van der Waals surface area contributed by atoms with Gasteiger partial charge < -0.3 is 4.90 Å². The van der Waals surface area contributed by atoms with Gasteiger partial charge in [-0.1, -0.05) is 26.0 Å². The minimum atomic E-state index is 0.525. The molecule has 0 N–H and O–H groups in total. The summed E-state index contributed by atoms with van der Waals surface area (Å²) >= 11 is 3.49. The number of nitrogens with zero attached hydrogens (tertiary/aromatic N) is 2. The lowest BCUT2D eigenvalue weighted by Gasteiger charge is -2.51. The van der Waals surface area contributed by atoms with Crippen LogP contribution in [0.5, 0.6) is 0 Å². The van der Waals surface area contributed by atoms with Crippen LogP contribution in [0.25, 0.3) is 10.9 Å². The average Bonchev–Trinajstić information content (AvgIpc) is 2.38. The SMILES string of the molecule is CCC1(CC)CN(c2cccc3cc(Br)cnc23)C1. The molecule has 1 aliphatic rings. The molecule has 1 aromatic carbocycles. The molecular weight excluding hydrogens is 300 g/mol. The second kappa shape index (κ2) is 4.78. The van der Waals surface area contributed by atoms with Crippen molar-refractivity contribution in [3.8, 4) is 0 Å². The number of halogens is 1. The van der Waals surface area contributed by atoms with Crippen LogP contribution >= 0.6 is 15.9 Å². The zero-order valence-corrected chi connectivity index (χ0v) is 13.1. The minimum absolute atomic E-state index is 0.525. The van der Waals surface area contributed by atoms with Gasteiger partial charge in [-0.2, -0.15) is 0 Å². The van der Waals surface area contributed by atoms with Gasteiger partial charge in [-0.05, 0) is 40.9 Å². The van der Waals surface area contributed by atoms with Gasteiger partial charge in [0.25, 0.3) is 0 Å². The third-order valence-electron chi connectivity index (χ3n) is 4.55. The number of anilines is 1. The van der Waals surface area contributed by atoms with Gasteiger partial charge in [0.1, 0.15) is 0 Å². The van der Waals surface area contributed by atoms with E-state index in [0.717, 1.165) is 23.1 Å². The average molecular weight is 319 g/mol. The molecule has 0 atom stereocenters. The van der Waals surface area contributed by atoms with E-state index in [0.29, 0.717) is 5.41 Å². The molecule has 0 unspecified atom stereocenters. The van der Waals surface area contributed by atoms with Crippen molar-refractivity contribution in [1.82, 2.24) is 4.98 Å². The van der Waals surface area contributed by atoms with Crippen LogP contribution in [0.3, 0.4) is 0 Å². The number of aromatic nitrogens is 1. The van der Waals surface area contributed by atoms with Gasteiger partial charge in [0, 0.05) is 34.6 Å². The molecule has 19 heavy (non-hydrogen) atoms. The molecule has 1 aliphatic heterocycles. The fourth-order valence-corrected chi connectivity index (χ4v) is 3.35. The molecule has 2 heterocycles. The van der Waals surface area contributed by atoms with Gasteiger partial charge in [-0.25, -0.2) is 0 Å². The van der Waals surface area contributed by atoms with E-state index in [1.54, 1.807) is 0 Å². The van der Waals surface area contributed by atoms with Crippen molar-refractivity contribution >= 4 is 32.5 Å². The second-order valence-corrected chi connectivity index (χ2v) is 6.48. The van der Waals surface area contributed by atoms with E-state index in [9.17, 15) is 0 Å². The van der Waals surface area contributed by atoms with Crippen molar-refractivity contribution < 1.29 is 0 Å². The van der Waals surface area contributed by atoms with E-state index in [1.165, 1.54) is 23.9 Å². The van der Waals surface area contributed by atoms with E-state index in [1.807, 2.05) is 6.20 Å². The smallest absolute Gasteiger partial charge is 0.0936 e. The number of fused-ring (bicyclic) bond motifs is 1. The van der Waals surface area contributed by atoms with Crippen molar-refractivity contribution in [2.24, 2.45) is 5.41 Å². The summed E-state index contributed by atoms with van der Waals surface area (Å²) in [5, 5.41) is 1.21. The van der Waals surface area contributed by atoms with E-state index in [-0.39, 0.29) is 0 Å². The highest BCUT2D eigenvalue weighted by Crippen LogP contribution is 2.41. The van der Waals surface area contributed by atoms with Crippen molar-refractivity contribution in [2.45, 2.75) is 26.7 Å². The Morgan fingerprint density at radius 3 is 2.68 bits per heavy atom. The zero-order valence-electron chi connectivity index (χ0n) is 11.5. The van der Waals surface area contributed by atoms with Crippen molar-refractivity contribution in [3.63, 3.8) is 0 Å². The molecule has 0 bridgehead atoms. The third kappa shape index (κ3) is 2.14. The Morgan fingerprint density at radius 1 is 1.26 bits per heavy atom. The molecule has 2 aromatic rings. The van der Waals surface area contributed by atoms with Gasteiger partial charge in [0.2, 0.25) is 0 Å². The Morgan fingerprint density at radius 2 is 2.00 bits per heavy atom. The number of benzene rings is 1. The monoisotopic (exact) mass is 318 g/mol. The highest BCUT2D eigenvalue weighted by Gasteiger charge is 2.40. The van der Waals surface area contributed by atoms with Gasteiger partial charge in [-0.15, -0.1) is 0 Å². The summed E-state index contributed by atoms with van der Waals surface area (Å²) in [5.74, 6) is 0. The molecule has 1 saturated heterocycles. The van der Waals surface area contributed by atoms with Crippen LogP contribution in [0.2, 0.25) is 0 Å². The fraction of sp³-hybridized carbons (Fsp3) is 0.438. The highest BCUT2D eigenvalue weighted by atomic mass is 79.9. The summed E-state index contributed by atoms with van der Waals surface area (Å²) in [4.78, 5) is 7.06. The number of para-hydroxylation sites is 1. The number of hydrogen-bond acceptors (Lipinski definition) is 2. The summed E-state index contributed by atoms with van der Waals surface area (Å²) in [7, 11) is 0. The first-order valence-corrected chi connectivity index (χ1v) is 7.76. The van der Waals surface area contributed by atoms with E-state index in [2.05, 4.69) is 63.9 Å². The van der Waals surface area contributed by atoms with E-state index in [4.69, 9.17) is 0 Å². The summed E-state index contributed by atoms with van der Waals surface area (Å²) in [6, 6.07) is 8.59. The predicted molar refractivity (Wildman–Crippen MR) is 84.7 cm³/mol. The first kappa shape index (κ1) is 12.9. The Hall–Kier alpha value is -1.09. The Kier molecular flexibility index (Phi) is 3.25. The van der Waals surface area contributed by atoms with Crippen LogP contribution in [-0.2, 0) is 0 Å². The maximum atomic E-state index is 4.59. The molecule has 0 aliphatic carbocycles. The summed E-state index contributed by atoms with van der Waals surface area (Å²) < 4.78 is 1.04. The lowest BCUT2D eigenvalue weighted by atomic mass is 9.75. The summed E-state index contributed by atoms with van der Waals surface area (Å²) in [5.41, 5.74) is 2.92. The van der Waals surface area contributed by atoms with Crippen molar-refractivity contribution in [3.05, 3.63) is 34.9 Å². The van der Waals surface area contributed by atoms with Crippen LogP contribution in [0.15, 0.2) is 34.9 Å². The molecule has 0 amide bonds. The predicted octanol–water partition coefficient (Wildman–Crippen LogP) is 4.62. The zero-order chi connectivity index (χ0) is 13.5. The Bertz CT molecular complexity index is 597. The van der Waals surface area contributed by atoms with E-state index < -0.39 is 0 Å². The standard InChI is InChI=1S/C16H19BrN2/c1-3-16(4-2)10-19(11-16)14-7-5-6-12-8-13(17)9-18-15(12)14/h5-9H,3-4,10-11H2,1-2H3. The molecule has 3 heteroatoms. The van der Waals surface area contributed by atoms with Gasteiger partial charge in [0.15, 0.2) is 0 Å². The molecular formula is C16H19BrN2. The molecule has 100 valence electrons. The minimum Gasteiger partial charge on any atom is -0.369 e. The molecule has 0 radical (unpaired) electrons. The largest absolute Gasteiger partial charge is 0.369 e. The van der Waals surface area contributed by atoms with Crippen molar-refractivity contribution in [1.29, 1.82) is 0 Å². The maximum absolute atomic E-state index is 4.59. The normalized spacial score (nSPS) is 17.5. The summed E-state index contributed by atoms with van der Waals surface area (Å²) in [6.07, 6.45) is 4.42. The lowest BCUT2D eigenvalue weighted by Crippen LogP contribution is -2.56. The number of pyridine rings is 1. The molecule has 1 fully saturated rings. The maximum Gasteiger partial charge on any atom is 0.0936 e. The number of rotatable bonds is 3. The second-order valence-electron chi connectivity index (χ2n) is 5.57. The van der Waals surface area contributed by atoms with Crippen LogP contribution in [0, 0.1) is 5.41 Å². The summed E-state index contributed by atoms with van der Waals surface area (Å²) in [6.45, 7) is 6.94. The Balaban J connectivity index is 1.95. The molecule has 0 spiro atoms. The molecule has 2 nitrogen and oxygen atoms in total. The highest BCUT2D eigenvalue weighted by molar-refractivity contribution is 9.10. The molecule has 1 aromatic heterocycles. The quantitative estimate of drug-likeness (QED) is 0.820. The topological polar surface area (TPSA) is 16.1 Å². The van der Waals surface area contributed by atoms with Crippen LogP contribution < -0.4 is 4.90 Å². The first-order chi connectivity index (χ1) is 9.17. The third-order valence-corrected chi connectivity index (χ3v) is 4.98. The molecule has 3 rings (SSSR count). The fourth-order valence-electron chi connectivity index (χ4n) is 3.00. The van der Waals surface area contributed by atoms with Gasteiger partial charge in [-0.3, -0.25) is 4.98 Å². The first-order valence-electron chi connectivity index (χ1n) is 6.97.